The molecule has 2 rings (SSSR count). The second kappa shape index (κ2) is 8.15. The number of rotatable bonds is 8. The van der Waals surface area contributed by atoms with Gasteiger partial charge in [-0.3, -0.25) is 10.1 Å². The fourth-order valence-corrected chi connectivity index (χ4v) is 3.64. The first-order valence-corrected chi connectivity index (χ1v) is 8.77. The van der Waals surface area contributed by atoms with Crippen LogP contribution in [0.3, 0.4) is 0 Å². The summed E-state index contributed by atoms with van der Waals surface area (Å²) in [7, 11) is -2.62. The maximum absolute atomic E-state index is 13.5. The van der Waals surface area contributed by atoms with E-state index in [-0.39, 0.29) is 24.6 Å². The third-order valence-electron chi connectivity index (χ3n) is 3.50. The Bertz CT molecular complexity index is 843. The molecule has 0 aliphatic heterocycles. The highest BCUT2D eigenvalue weighted by atomic mass is 32.2. The number of halogens is 1. The van der Waals surface area contributed by atoms with Crippen molar-refractivity contribution in [1.82, 2.24) is 4.31 Å². The van der Waals surface area contributed by atoms with Crippen LogP contribution in [0.25, 0.3) is 0 Å². The maximum atomic E-state index is 13.5. The highest BCUT2D eigenvalue weighted by Gasteiger charge is 2.27. The average molecular weight is 368 g/mol. The van der Waals surface area contributed by atoms with E-state index in [0.29, 0.717) is 0 Å². The van der Waals surface area contributed by atoms with Crippen molar-refractivity contribution in [3.05, 3.63) is 70.0 Å². The van der Waals surface area contributed by atoms with Crippen LogP contribution >= 0.6 is 0 Å². The molecule has 0 saturated heterocycles. The van der Waals surface area contributed by atoms with Gasteiger partial charge in [-0.15, -0.1) is 0 Å². The predicted molar refractivity (Wildman–Crippen MR) is 89.0 cm³/mol. The summed E-state index contributed by atoms with van der Waals surface area (Å²) in [5.74, 6) is -1.09. The van der Waals surface area contributed by atoms with Crippen LogP contribution in [-0.4, -0.2) is 37.9 Å². The molecule has 0 saturated carbocycles. The third-order valence-corrected chi connectivity index (χ3v) is 5.34. The monoisotopic (exact) mass is 368 g/mol. The normalized spacial score (nSPS) is 11.6. The number of hydrogen-bond acceptors (Lipinski definition) is 5. The van der Waals surface area contributed by atoms with E-state index in [9.17, 15) is 22.9 Å². The first kappa shape index (κ1) is 19.0. The van der Waals surface area contributed by atoms with Crippen LogP contribution in [0, 0.1) is 15.9 Å². The zero-order chi connectivity index (χ0) is 18.4. The molecule has 0 unspecified atom stereocenters. The minimum atomic E-state index is -4.06. The Labute approximate surface area is 144 Å². The standard InChI is InChI=1S/C16H17FN2O5S/c1-24-10-9-18(12-13-5-3-2-4-6-13)25(22,23)14-7-8-15(17)16(11-14)19(20)21/h2-8,11H,9-10,12H2,1H3. The zero-order valence-electron chi connectivity index (χ0n) is 13.5. The highest BCUT2D eigenvalue weighted by molar-refractivity contribution is 7.89. The van der Waals surface area contributed by atoms with Crippen molar-refractivity contribution in [2.75, 3.05) is 20.3 Å². The van der Waals surface area contributed by atoms with Crippen LogP contribution < -0.4 is 0 Å². The van der Waals surface area contributed by atoms with Crippen molar-refractivity contribution in [1.29, 1.82) is 0 Å². The fraction of sp³-hybridized carbons (Fsp3) is 0.250. The fourth-order valence-electron chi connectivity index (χ4n) is 2.21. The molecule has 2 aromatic rings. The molecule has 0 heterocycles. The number of benzene rings is 2. The number of methoxy groups -OCH3 is 1. The van der Waals surface area contributed by atoms with Gasteiger partial charge in [0.1, 0.15) is 0 Å². The molecule has 7 nitrogen and oxygen atoms in total. The molecule has 25 heavy (non-hydrogen) atoms. The van der Waals surface area contributed by atoms with Crippen molar-refractivity contribution < 1.29 is 22.5 Å². The predicted octanol–water partition coefficient (Wildman–Crippen LogP) is 2.57. The average Bonchev–Trinajstić information content (AvgIpc) is 2.59. The van der Waals surface area contributed by atoms with Gasteiger partial charge in [-0.05, 0) is 17.7 Å². The van der Waals surface area contributed by atoms with Crippen molar-refractivity contribution in [3.8, 4) is 0 Å². The summed E-state index contributed by atoms with van der Waals surface area (Å²) in [5.41, 5.74) is -0.133. The van der Waals surface area contributed by atoms with Crippen molar-refractivity contribution in [3.63, 3.8) is 0 Å². The molecule has 134 valence electrons. The Hall–Kier alpha value is -2.36. The SMILES string of the molecule is COCCN(Cc1ccccc1)S(=O)(=O)c1ccc(F)c([N+](=O)[O-])c1. The summed E-state index contributed by atoms with van der Waals surface area (Å²) in [6, 6.07) is 11.4. The van der Waals surface area contributed by atoms with Crippen LogP contribution in [0.15, 0.2) is 53.4 Å². The third kappa shape index (κ3) is 4.59. The van der Waals surface area contributed by atoms with E-state index in [1.165, 1.54) is 7.11 Å². The molecule has 0 fully saturated rings. The highest BCUT2D eigenvalue weighted by Crippen LogP contribution is 2.25. The van der Waals surface area contributed by atoms with E-state index < -0.39 is 26.5 Å². The lowest BCUT2D eigenvalue weighted by molar-refractivity contribution is -0.387. The largest absolute Gasteiger partial charge is 0.383 e. The summed E-state index contributed by atoms with van der Waals surface area (Å²) in [6.07, 6.45) is 0. The molecule has 0 aliphatic rings. The summed E-state index contributed by atoms with van der Waals surface area (Å²) < 4.78 is 45.3. The molecule has 0 atom stereocenters. The Kier molecular flexibility index (Phi) is 6.18. The summed E-state index contributed by atoms with van der Waals surface area (Å²) in [6.45, 7) is 0.270. The number of nitro groups is 1. The van der Waals surface area contributed by atoms with Gasteiger partial charge in [-0.1, -0.05) is 30.3 Å². The first-order chi connectivity index (χ1) is 11.9. The van der Waals surface area contributed by atoms with E-state index in [4.69, 9.17) is 4.74 Å². The summed E-state index contributed by atoms with van der Waals surface area (Å²) >= 11 is 0. The maximum Gasteiger partial charge on any atom is 0.306 e. The van der Waals surface area contributed by atoms with E-state index in [2.05, 4.69) is 0 Å². The molecule has 0 radical (unpaired) electrons. The molecular formula is C16H17FN2O5S. The first-order valence-electron chi connectivity index (χ1n) is 7.33. The number of sulfonamides is 1. The second-order valence-corrected chi connectivity index (χ2v) is 7.13. The van der Waals surface area contributed by atoms with Crippen LogP contribution in [0.1, 0.15) is 5.56 Å². The van der Waals surface area contributed by atoms with Crippen molar-refractivity contribution in [2.45, 2.75) is 11.4 Å². The number of ether oxygens (including phenoxy) is 1. The lowest BCUT2D eigenvalue weighted by Crippen LogP contribution is -2.33. The Morgan fingerprint density at radius 1 is 1.20 bits per heavy atom. The van der Waals surface area contributed by atoms with E-state index in [0.717, 1.165) is 28.1 Å². The molecule has 0 spiro atoms. The number of nitro benzene ring substituents is 1. The van der Waals surface area contributed by atoms with Gasteiger partial charge in [0.2, 0.25) is 15.8 Å². The summed E-state index contributed by atoms with van der Waals surface area (Å²) in [4.78, 5) is 9.58. The van der Waals surface area contributed by atoms with Gasteiger partial charge >= 0.3 is 5.69 Å². The van der Waals surface area contributed by atoms with Gasteiger partial charge in [-0.25, -0.2) is 8.42 Å². The van der Waals surface area contributed by atoms with Gasteiger partial charge in [-0.2, -0.15) is 8.70 Å². The molecule has 0 aliphatic carbocycles. The number of hydrogen-bond donors (Lipinski definition) is 0. The lowest BCUT2D eigenvalue weighted by Gasteiger charge is -2.22. The lowest BCUT2D eigenvalue weighted by atomic mass is 10.2. The molecule has 9 heteroatoms. The van der Waals surface area contributed by atoms with Crippen LogP contribution in [0.2, 0.25) is 0 Å². The molecule has 0 amide bonds. The Morgan fingerprint density at radius 2 is 1.88 bits per heavy atom. The van der Waals surface area contributed by atoms with Crippen molar-refractivity contribution in [2.24, 2.45) is 0 Å². The minimum Gasteiger partial charge on any atom is -0.383 e. The van der Waals surface area contributed by atoms with E-state index in [1.54, 1.807) is 30.3 Å². The quantitative estimate of drug-likeness (QED) is 0.528. The van der Waals surface area contributed by atoms with Crippen LogP contribution in [-0.2, 0) is 21.3 Å². The van der Waals surface area contributed by atoms with Crippen molar-refractivity contribution >= 4 is 15.7 Å². The number of nitrogens with zero attached hydrogens (tertiary/aromatic N) is 2. The zero-order valence-corrected chi connectivity index (χ0v) is 14.3. The minimum absolute atomic E-state index is 0.0545. The molecular weight excluding hydrogens is 351 g/mol. The van der Waals surface area contributed by atoms with E-state index in [1.807, 2.05) is 0 Å². The second-order valence-electron chi connectivity index (χ2n) is 5.19. The van der Waals surface area contributed by atoms with Gasteiger partial charge in [0.15, 0.2) is 0 Å². The van der Waals surface area contributed by atoms with Gasteiger partial charge in [0, 0.05) is 26.3 Å². The van der Waals surface area contributed by atoms with E-state index >= 15 is 0 Å². The van der Waals surface area contributed by atoms with Crippen LogP contribution in [0.4, 0.5) is 10.1 Å². The summed E-state index contributed by atoms with van der Waals surface area (Å²) in [5, 5.41) is 10.9. The van der Waals surface area contributed by atoms with Gasteiger partial charge in [0.25, 0.3) is 0 Å². The molecule has 0 N–H and O–H groups in total. The Morgan fingerprint density at radius 3 is 2.48 bits per heavy atom. The smallest absolute Gasteiger partial charge is 0.306 e. The van der Waals surface area contributed by atoms with Gasteiger partial charge < -0.3 is 4.74 Å². The molecule has 0 aromatic heterocycles. The van der Waals surface area contributed by atoms with Crippen LogP contribution in [0.5, 0.6) is 0 Å². The molecule has 2 aromatic carbocycles. The Balaban J connectivity index is 2.40. The topological polar surface area (TPSA) is 89.8 Å². The van der Waals surface area contributed by atoms with Gasteiger partial charge in [0.05, 0.1) is 16.4 Å². The molecule has 0 bridgehead atoms.